The van der Waals surface area contributed by atoms with Gasteiger partial charge in [0.25, 0.3) is 0 Å². The van der Waals surface area contributed by atoms with Crippen molar-refractivity contribution in [3.05, 3.63) is 56.8 Å². The molecule has 3 rings (SSSR count). The van der Waals surface area contributed by atoms with E-state index in [2.05, 4.69) is 11.4 Å². The Balaban J connectivity index is 1.53. The van der Waals surface area contributed by atoms with Gasteiger partial charge >= 0.3 is 0 Å². The minimum Gasteiger partial charge on any atom is -0.366 e. The molecule has 1 aliphatic rings. The highest BCUT2D eigenvalue weighted by molar-refractivity contribution is 7.12. The first-order valence-corrected chi connectivity index (χ1v) is 7.74. The van der Waals surface area contributed by atoms with E-state index in [1.165, 1.54) is 29.7 Å². The van der Waals surface area contributed by atoms with Gasteiger partial charge in [-0.25, -0.2) is 0 Å². The number of thiophene rings is 1. The number of rotatable bonds is 5. The zero-order valence-electron chi connectivity index (χ0n) is 11.3. The maximum atomic E-state index is 11.0. The summed E-state index contributed by atoms with van der Waals surface area (Å²) in [7, 11) is 0. The minimum absolute atomic E-state index is 0.377. The third-order valence-electron chi connectivity index (χ3n) is 3.66. The van der Waals surface area contributed by atoms with E-state index in [9.17, 15) is 4.79 Å². The minimum atomic E-state index is -0.377. The van der Waals surface area contributed by atoms with Gasteiger partial charge in [-0.2, -0.15) is 0 Å². The molecule has 0 saturated carbocycles. The van der Waals surface area contributed by atoms with Crippen LogP contribution in [0.3, 0.4) is 0 Å². The molecule has 4 heteroatoms. The molecular formula is C16H18N2OS. The monoisotopic (exact) mass is 286 g/mol. The number of hydrogen-bond donors (Lipinski definition) is 2. The normalized spacial score (nSPS) is 13.4. The second-order valence-corrected chi connectivity index (χ2v) is 6.40. The van der Waals surface area contributed by atoms with Gasteiger partial charge in [0.1, 0.15) is 0 Å². The first-order chi connectivity index (χ1) is 9.72. The molecule has 104 valence electrons. The highest BCUT2D eigenvalue weighted by Gasteiger charge is 2.14. The van der Waals surface area contributed by atoms with E-state index in [0.29, 0.717) is 5.56 Å². The van der Waals surface area contributed by atoms with Crippen molar-refractivity contribution in [2.45, 2.75) is 32.4 Å². The van der Waals surface area contributed by atoms with E-state index >= 15 is 0 Å². The molecule has 0 aliphatic heterocycles. The van der Waals surface area contributed by atoms with Gasteiger partial charge < -0.3 is 11.1 Å². The molecule has 0 radical (unpaired) electrons. The number of carbonyl (C=O) groups excluding carboxylic acids is 1. The van der Waals surface area contributed by atoms with Crippen molar-refractivity contribution in [2.75, 3.05) is 0 Å². The van der Waals surface area contributed by atoms with E-state index in [-0.39, 0.29) is 5.91 Å². The van der Waals surface area contributed by atoms with Crippen molar-refractivity contribution < 1.29 is 4.79 Å². The lowest BCUT2D eigenvalue weighted by Gasteiger charge is -2.04. The van der Waals surface area contributed by atoms with E-state index in [4.69, 9.17) is 5.73 Å². The third kappa shape index (κ3) is 2.92. The lowest BCUT2D eigenvalue weighted by molar-refractivity contribution is 0.100. The molecule has 0 bridgehead atoms. The fraction of sp³-hybridized carbons (Fsp3) is 0.312. The van der Waals surface area contributed by atoms with Crippen molar-refractivity contribution in [3.63, 3.8) is 0 Å². The van der Waals surface area contributed by atoms with E-state index in [1.807, 2.05) is 23.5 Å². The van der Waals surface area contributed by atoms with Crippen LogP contribution in [-0.4, -0.2) is 5.91 Å². The summed E-state index contributed by atoms with van der Waals surface area (Å²) in [5.74, 6) is -0.377. The SMILES string of the molecule is NC(=O)c1ccc(CNCc2cc3c(s2)CCC3)cc1. The predicted octanol–water partition coefficient (Wildman–Crippen LogP) is 2.63. The summed E-state index contributed by atoms with van der Waals surface area (Å²) in [5.41, 5.74) is 8.50. The van der Waals surface area contributed by atoms with E-state index < -0.39 is 0 Å². The average Bonchev–Trinajstić information content (AvgIpc) is 3.00. The first-order valence-electron chi connectivity index (χ1n) is 6.92. The summed E-state index contributed by atoms with van der Waals surface area (Å²) < 4.78 is 0. The van der Waals surface area contributed by atoms with Gasteiger partial charge in [0.05, 0.1) is 0 Å². The number of aryl methyl sites for hydroxylation is 2. The zero-order chi connectivity index (χ0) is 13.9. The molecule has 1 aliphatic carbocycles. The molecule has 0 unspecified atom stereocenters. The Morgan fingerprint density at radius 1 is 1.20 bits per heavy atom. The molecule has 3 N–H and O–H groups in total. The predicted molar refractivity (Wildman–Crippen MR) is 81.8 cm³/mol. The second-order valence-electron chi connectivity index (χ2n) is 5.18. The summed E-state index contributed by atoms with van der Waals surface area (Å²) in [4.78, 5) is 14.0. The second kappa shape index (κ2) is 5.77. The lowest BCUT2D eigenvalue weighted by Crippen LogP contribution is -2.13. The fourth-order valence-electron chi connectivity index (χ4n) is 2.59. The van der Waals surface area contributed by atoms with Crippen LogP contribution in [0.4, 0.5) is 0 Å². The highest BCUT2D eigenvalue weighted by Crippen LogP contribution is 2.30. The molecule has 20 heavy (non-hydrogen) atoms. The number of hydrogen-bond acceptors (Lipinski definition) is 3. The molecular weight excluding hydrogens is 268 g/mol. The molecule has 0 fully saturated rings. The summed E-state index contributed by atoms with van der Waals surface area (Å²) in [5, 5.41) is 3.45. The number of primary amides is 1. The van der Waals surface area contributed by atoms with Gasteiger partial charge in [0.2, 0.25) is 5.91 Å². The maximum Gasteiger partial charge on any atom is 0.248 e. The first kappa shape index (κ1) is 13.3. The summed E-state index contributed by atoms with van der Waals surface area (Å²) in [6.45, 7) is 1.72. The topological polar surface area (TPSA) is 55.1 Å². The van der Waals surface area contributed by atoms with Crippen molar-refractivity contribution >= 4 is 17.2 Å². The lowest BCUT2D eigenvalue weighted by atomic mass is 10.1. The molecule has 1 amide bonds. The Morgan fingerprint density at radius 3 is 2.70 bits per heavy atom. The van der Waals surface area contributed by atoms with Gasteiger partial charge in [-0.1, -0.05) is 12.1 Å². The van der Waals surface area contributed by atoms with Crippen molar-refractivity contribution in [3.8, 4) is 0 Å². The summed E-state index contributed by atoms with van der Waals surface area (Å²) >= 11 is 1.94. The van der Waals surface area contributed by atoms with Crippen LogP contribution in [0.15, 0.2) is 30.3 Å². The van der Waals surface area contributed by atoms with Gasteiger partial charge in [0.15, 0.2) is 0 Å². The number of benzene rings is 1. The number of fused-ring (bicyclic) bond motifs is 1. The van der Waals surface area contributed by atoms with Crippen LogP contribution in [0, 0.1) is 0 Å². The number of nitrogens with two attached hydrogens (primary N) is 1. The Labute approximate surface area is 122 Å². The number of amides is 1. The fourth-order valence-corrected chi connectivity index (χ4v) is 3.83. The standard InChI is InChI=1S/C16H18N2OS/c17-16(19)12-6-4-11(5-7-12)9-18-10-14-8-13-2-1-3-15(13)20-14/h4-8,18H,1-3,9-10H2,(H2,17,19). The van der Waals surface area contributed by atoms with Crippen LogP contribution < -0.4 is 11.1 Å². The Hall–Kier alpha value is -1.65. The average molecular weight is 286 g/mol. The Bertz CT molecular complexity index is 594. The molecule has 1 aromatic carbocycles. The van der Waals surface area contributed by atoms with Crippen LogP contribution in [0.5, 0.6) is 0 Å². The van der Waals surface area contributed by atoms with Crippen molar-refractivity contribution in [2.24, 2.45) is 5.73 Å². The van der Waals surface area contributed by atoms with Crippen LogP contribution in [0.1, 0.15) is 37.7 Å². The molecule has 2 aromatic rings. The number of carbonyl (C=O) groups is 1. The largest absolute Gasteiger partial charge is 0.366 e. The zero-order valence-corrected chi connectivity index (χ0v) is 12.1. The van der Waals surface area contributed by atoms with Crippen molar-refractivity contribution in [1.29, 1.82) is 0 Å². The van der Waals surface area contributed by atoms with Crippen LogP contribution in [0.2, 0.25) is 0 Å². The maximum absolute atomic E-state index is 11.0. The van der Waals surface area contributed by atoms with Crippen LogP contribution >= 0.6 is 11.3 Å². The summed E-state index contributed by atoms with van der Waals surface area (Å²) in [6.07, 6.45) is 3.83. The molecule has 1 aromatic heterocycles. The van der Waals surface area contributed by atoms with E-state index in [1.54, 1.807) is 22.6 Å². The summed E-state index contributed by atoms with van der Waals surface area (Å²) in [6, 6.07) is 9.79. The van der Waals surface area contributed by atoms with Crippen LogP contribution in [0.25, 0.3) is 0 Å². The Kier molecular flexibility index (Phi) is 3.85. The van der Waals surface area contributed by atoms with Gasteiger partial charge in [-0.05, 0) is 48.6 Å². The third-order valence-corrected chi connectivity index (χ3v) is 4.90. The number of nitrogens with one attached hydrogen (secondary N) is 1. The highest BCUT2D eigenvalue weighted by atomic mass is 32.1. The molecule has 0 spiro atoms. The molecule has 1 heterocycles. The van der Waals surface area contributed by atoms with Gasteiger partial charge in [-0.3, -0.25) is 4.79 Å². The smallest absolute Gasteiger partial charge is 0.248 e. The molecule has 0 saturated heterocycles. The van der Waals surface area contributed by atoms with E-state index in [0.717, 1.165) is 13.1 Å². The molecule has 0 atom stereocenters. The van der Waals surface area contributed by atoms with Gasteiger partial charge in [-0.15, -0.1) is 11.3 Å². The Morgan fingerprint density at radius 2 is 2.00 bits per heavy atom. The van der Waals surface area contributed by atoms with Crippen molar-refractivity contribution in [1.82, 2.24) is 5.32 Å². The van der Waals surface area contributed by atoms with Crippen LogP contribution in [-0.2, 0) is 25.9 Å². The van der Waals surface area contributed by atoms with Gasteiger partial charge in [0, 0.05) is 28.4 Å². The molecule has 3 nitrogen and oxygen atoms in total. The quantitative estimate of drug-likeness (QED) is 0.887.